The van der Waals surface area contributed by atoms with E-state index in [0.29, 0.717) is 5.88 Å². The Morgan fingerprint density at radius 2 is 1.81 bits per heavy atom. The molecule has 0 aliphatic rings. The van der Waals surface area contributed by atoms with Gasteiger partial charge in [-0.3, -0.25) is 0 Å². The van der Waals surface area contributed by atoms with E-state index in [-0.39, 0.29) is 5.41 Å². The van der Waals surface area contributed by atoms with E-state index in [0.717, 1.165) is 29.2 Å². The fourth-order valence-corrected chi connectivity index (χ4v) is 3.32. The van der Waals surface area contributed by atoms with E-state index in [4.69, 9.17) is 27.9 Å². The van der Waals surface area contributed by atoms with E-state index in [1.165, 1.54) is 5.56 Å². The van der Waals surface area contributed by atoms with E-state index >= 15 is 0 Å². The number of methoxy groups -OCH3 is 1. The lowest BCUT2D eigenvalue weighted by molar-refractivity contribution is 0.395. The van der Waals surface area contributed by atoms with E-state index < -0.39 is 0 Å². The first kappa shape index (κ1) is 16.2. The van der Waals surface area contributed by atoms with Crippen molar-refractivity contribution in [2.45, 2.75) is 25.2 Å². The average Bonchev–Trinajstić information content (AvgIpc) is 2.54. The van der Waals surface area contributed by atoms with Gasteiger partial charge in [-0.25, -0.2) is 0 Å². The average molecular weight is 323 g/mol. The fraction of sp³-hybridized carbons (Fsp3) is 0.333. The molecule has 1 atom stereocenters. The minimum absolute atomic E-state index is 0.110. The molecule has 0 aliphatic heterocycles. The molecule has 0 amide bonds. The van der Waals surface area contributed by atoms with Crippen molar-refractivity contribution in [2.24, 2.45) is 0 Å². The highest BCUT2D eigenvalue weighted by atomic mass is 35.5. The van der Waals surface area contributed by atoms with Gasteiger partial charge < -0.3 is 4.74 Å². The molecule has 0 heterocycles. The van der Waals surface area contributed by atoms with Crippen LogP contribution in [0.25, 0.3) is 0 Å². The molecule has 2 aromatic rings. The number of ether oxygens (including phenoxy) is 1. The van der Waals surface area contributed by atoms with Gasteiger partial charge in [-0.1, -0.05) is 48.9 Å². The topological polar surface area (TPSA) is 9.23 Å². The summed E-state index contributed by atoms with van der Waals surface area (Å²) in [6.07, 6.45) is 1.76. The van der Waals surface area contributed by atoms with Crippen LogP contribution in [0, 0.1) is 0 Å². The highest BCUT2D eigenvalue weighted by molar-refractivity contribution is 6.30. The first-order chi connectivity index (χ1) is 10.1. The predicted molar refractivity (Wildman–Crippen MR) is 90.8 cm³/mol. The molecule has 1 unspecified atom stereocenters. The van der Waals surface area contributed by atoms with Gasteiger partial charge in [0.1, 0.15) is 5.75 Å². The second-order valence-electron chi connectivity index (χ2n) is 5.27. The molecule has 1 nitrogen and oxygen atoms in total. The van der Waals surface area contributed by atoms with Gasteiger partial charge in [0.05, 0.1) is 7.11 Å². The van der Waals surface area contributed by atoms with E-state index in [9.17, 15) is 0 Å². The molecule has 0 saturated heterocycles. The summed E-state index contributed by atoms with van der Waals surface area (Å²) in [4.78, 5) is 0. The number of rotatable bonds is 6. The number of alkyl halides is 1. The zero-order valence-corrected chi connectivity index (χ0v) is 13.9. The second kappa shape index (κ2) is 7.20. The fourth-order valence-electron chi connectivity index (χ4n) is 2.69. The zero-order chi connectivity index (χ0) is 15.3. The molecule has 2 rings (SSSR count). The minimum atomic E-state index is -0.110. The van der Waals surface area contributed by atoms with Crippen LogP contribution in [0.4, 0.5) is 0 Å². The van der Waals surface area contributed by atoms with Crippen molar-refractivity contribution < 1.29 is 4.74 Å². The van der Waals surface area contributed by atoms with Crippen molar-refractivity contribution in [3.8, 4) is 5.75 Å². The summed E-state index contributed by atoms with van der Waals surface area (Å²) in [5.74, 6) is 1.42. The molecule has 0 radical (unpaired) electrons. The van der Waals surface area contributed by atoms with Gasteiger partial charge >= 0.3 is 0 Å². The molecule has 2 aromatic carbocycles. The molecule has 21 heavy (non-hydrogen) atoms. The van der Waals surface area contributed by atoms with Crippen molar-refractivity contribution in [2.75, 3.05) is 13.0 Å². The first-order valence-electron chi connectivity index (χ1n) is 7.09. The van der Waals surface area contributed by atoms with E-state index in [1.54, 1.807) is 7.11 Å². The number of hydrogen-bond acceptors (Lipinski definition) is 1. The van der Waals surface area contributed by atoms with Gasteiger partial charge in [-0.15, -0.1) is 11.6 Å². The van der Waals surface area contributed by atoms with Crippen LogP contribution in [0.2, 0.25) is 5.02 Å². The third-order valence-corrected chi connectivity index (χ3v) is 4.84. The van der Waals surface area contributed by atoms with Gasteiger partial charge in [0.25, 0.3) is 0 Å². The Morgan fingerprint density at radius 1 is 1.10 bits per heavy atom. The summed E-state index contributed by atoms with van der Waals surface area (Å²) >= 11 is 12.5. The van der Waals surface area contributed by atoms with Crippen molar-refractivity contribution in [1.82, 2.24) is 0 Å². The van der Waals surface area contributed by atoms with Gasteiger partial charge in [0.2, 0.25) is 0 Å². The summed E-state index contributed by atoms with van der Waals surface area (Å²) in [5.41, 5.74) is 2.24. The lowest BCUT2D eigenvalue weighted by Gasteiger charge is -2.32. The summed E-state index contributed by atoms with van der Waals surface area (Å²) in [7, 11) is 1.68. The molecule has 0 fully saturated rings. The maximum Gasteiger partial charge on any atom is 0.122 e. The van der Waals surface area contributed by atoms with E-state index in [2.05, 4.69) is 31.2 Å². The second-order valence-corrected chi connectivity index (χ2v) is 5.97. The molecule has 3 heteroatoms. The Labute approximate surface area is 136 Å². The van der Waals surface area contributed by atoms with Crippen LogP contribution in [0.5, 0.6) is 5.75 Å². The highest BCUT2D eigenvalue weighted by Crippen LogP contribution is 2.36. The summed E-state index contributed by atoms with van der Waals surface area (Å²) in [5, 5.41) is 0.721. The highest BCUT2D eigenvalue weighted by Gasteiger charge is 2.30. The lowest BCUT2D eigenvalue weighted by Crippen LogP contribution is -2.30. The van der Waals surface area contributed by atoms with Crippen molar-refractivity contribution in [1.29, 1.82) is 0 Å². The summed E-state index contributed by atoms with van der Waals surface area (Å²) in [6.45, 7) is 2.17. The largest absolute Gasteiger partial charge is 0.496 e. The van der Waals surface area contributed by atoms with Crippen LogP contribution < -0.4 is 4.74 Å². The molecule has 0 spiro atoms. The quantitative estimate of drug-likeness (QED) is 0.640. The van der Waals surface area contributed by atoms with Crippen molar-refractivity contribution >= 4 is 23.2 Å². The van der Waals surface area contributed by atoms with Gasteiger partial charge in [-0.05, 0) is 42.2 Å². The maximum atomic E-state index is 6.37. The van der Waals surface area contributed by atoms with Crippen LogP contribution in [0.3, 0.4) is 0 Å². The Bertz CT molecular complexity index is 577. The molecule has 112 valence electrons. The molecule has 0 aromatic heterocycles. The molecule has 0 aliphatic carbocycles. The van der Waals surface area contributed by atoms with Crippen molar-refractivity contribution in [3.63, 3.8) is 0 Å². The van der Waals surface area contributed by atoms with Crippen LogP contribution in [-0.2, 0) is 11.8 Å². The smallest absolute Gasteiger partial charge is 0.122 e. The summed E-state index contributed by atoms with van der Waals surface area (Å²) < 4.78 is 5.47. The lowest BCUT2D eigenvalue weighted by atomic mass is 9.75. The van der Waals surface area contributed by atoms with Gasteiger partial charge in [0, 0.05) is 16.3 Å². The van der Waals surface area contributed by atoms with E-state index in [1.807, 2.05) is 24.3 Å². The first-order valence-corrected chi connectivity index (χ1v) is 8.00. The Morgan fingerprint density at radius 3 is 2.38 bits per heavy atom. The molecule has 0 bridgehead atoms. The minimum Gasteiger partial charge on any atom is -0.496 e. The Kier molecular flexibility index (Phi) is 5.55. The van der Waals surface area contributed by atoms with Crippen LogP contribution in [0.15, 0.2) is 48.5 Å². The van der Waals surface area contributed by atoms with Crippen LogP contribution in [-0.4, -0.2) is 13.0 Å². The zero-order valence-electron chi connectivity index (χ0n) is 12.4. The number of halogens is 2. The molecular weight excluding hydrogens is 303 g/mol. The van der Waals surface area contributed by atoms with Crippen LogP contribution in [0.1, 0.15) is 24.5 Å². The Hall–Kier alpha value is -1.18. The normalized spacial score (nSPS) is 13.7. The van der Waals surface area contributed by atoms with Crippen molar-refractivity contribution in [3.05, 3.63) is 64.7 Å². The molecule has 0 N–H and O–H groups in total. The maximum absolute atomic E-state index is 6.37. The standard InChI is InChI=1S/C18H20Cl2O/c1-3-18(13-19,15-7-5-4-6-8-15)12-14-11-16(20)9-10-17(14)21-2/h4-11H,3,12-13H2,1-2H3. The SMILES string of the molecule is CCC(CCl)(Cc1cc(Cl)ccc1OC)c1ccccc1. The molecule has 0 saturated carbocycles. The number of hydrogen-bond donors (Lipinski definition) is 0. The van der Waals surface area contributed by atoms with Gasteiger partial charge in [0.15, 0.2) is 0 Å². The summed E-state index contributed by atoms with van der Waals surface area (Å²) in [6, 6.07) is 16.2. The van der Waals surface area contributed by atoms with Crippen LogP contribution >= 0.6 is 23.2 Å². The Balaban J connectivity index is 2.44. The molecular formula is C18H20Cl2O. The third-order valence-electron chi connectivity index (χ3n) is 4.09. The monoisotopic (exact) mass is 322 g/mol. The van der Waals surface area contributed by atoms with Gasteiger partial charge in [-0.2, -0.15) is 0 Å². The third kappa shape index (κ3) is 3.53. The predicted octanol–water partition coefficient (Wildman–Crippen LogP) is 5.48. The number of benzene rings is 2.